The number of phenolic OH excluding ortho intramolecular Hbond substituents is 1. The Bertz CT molecular complexity index is 1020. The molecule has 0 aliphatic heterocycles. The fourth-order valence-electron chi connectivity index (χ4n) is 2.60. The van der Waals surface area contributed by atoms with Gasteiger partial charge in [-0.2, -0.15) is 14.9 Å². The molecule has 0 aliphatic rings. The average Bonchev–Trinajstić information content (AvgIpc) is 3.00. The maximum absolute atomic E-state index is 9.68. The van der Waals surface area contributed by atoms with E-state index < -0.39 is 0 Å². The molecule has 0 saturated heterocycles. The SMILES string of the molecule is COc1cc(/C=N/n2c(COc3c(C)cccc3C)n[nH]c2=S)ccc1O. The summed E-state index contributed by atoms with van der Waals surface area (Å²) in [4.78, 5) is 0. The van der Waals surface area contributed by atoms with Gasteiger partial charge in [-0.3, -0.25) is 0 Å². The maximum atomic E-state index is 9.68. The Morgan fingerprint density at radius 2 is 2.00 bits per heavy atom. The van der Waals surface area contributed by atoms with E-state index in [9.17, 15) is 5.11 Å². The molecule has 8 heteroatoms. The number of hydrogen-bond donors (Lipinski definition) is 2. The van der Waals surface area contributed by atoms with Gasteiger partial charge in [0.2, 0.25) is 4.77 Å². The lowest BCUT2D eigenvalue weighted by atomic mass is 10.1. The highest BCUT2D eigenvalue weighted by atomic mass is 32.1. The van der Waals surface area contributed by atoms with Crippen molar-refractivity contribution < 1.29 is 14.6 Å². The minimum absolute atomic E-state index is 0.0669. The summed E-state index contributed by atoms with van der Waals surface area (Å²) < 4.78 is 12.9. The first-order valence-corrected chi connectivity index (χ1v) is 8.67. The summed E-state index contributed by atoms with van der Waals surface area (Å²) >= 11 is 5.25. The summed E-state index contributed by atoms with van der Waals surface area (Å²) in [5, 5.41) is 21.0. The van der Waals surface area contributed by atoms with Crippen LogP contribution >= 0.6 is 12.2 Å². The first kappa shape index (κ1) is 18.7. The molecule has 0 spiro atoms. The van der Waals surface area contributed by atoms with Crippen LogP contribution in [0.5, 0.6) is 17.2 Å². The first-order valence-electron chi connectivity index (χ1n) is 8.26. The number of H-pyrrole nitrogens is 1. The third-order valence-corrected chi connectivity index (χ3v) is 4.26. The number of ether oxygens (including phenoxy) is 2. The lowest BCUT2D eigenvalue weighted by Crippen LogP contribution is -2.05. The highest BCUT2D eigenvalue weighted by molar-refractivity contribution is 7.71. The van der Waals surface area contributed by atoms with Gasteiger partial charge in [0.25, 0.3) is 0 Å². The van der Waals surface area contributed by atoms with E-state index in [1.54, 1.807) is 24.4 Å². The normalized spacial score (nSPS) is 11.1. The zero-order valence-electron chi connectivity index (χ0n) is 15.3. The molecule has 0 bridgehead atoms. The molecule has 140 valence electrons. The standard InChI is InChI=1S/C19H20N4O3S/c1-12-5-4-6-13(2)18(12)26-11-17-21-22-19(27)23(17)20-10-14-7-8-15(24)16(9-14)25-3/h4-10,24H,11H2,1-3H3,(H,22,27)/b20-10+. The van der Waals surface area contributed by atoms with Crippen molar-refractivity contribution in [2.24, 2.45) is 5.10 Å². The van der Waals surface area contributed by atoms with E-state index in [1.165, 1.54) is 11.8 Å². The maximum Gasteiger partial charge on any atom is 0.216 e. The number of aromatic hydroxyl groups is 1. The third-order valence-electron chi connectivity index (χ3n) is 4.00. The number of aromatic amines is 1. The molecule has 0 atom stereocenters. The predicted molar refractivity (Wildman–Crippen MR) is 105 cm³/mol. The van der Waals surface area contributed by atoms with Gasteiger partial charge in [0.05, 0.1) is 13.3 Å². The van der Waals surface area contributed by atoms with Crippen molar-refractivity contribution in [3.05, 3.63) is 63.7 Å². The van der Waals surface area contributed by atoms with Crippen molar-refractivity contribution in [2.75, 3.05) is 7.11 Å². The molecule has 1 heterocycles. The number of nitrogens with zero attached hydrogens (tertiary/aromatic N) is 3. The van der Waals surface area contributed by atoms with Crippen LogP contribution in [0.1, 0.15) is 22.5 Å². The zero-order chi connectivity index (χ0) is 19.4. The molecular weight excluding hydrogens is 364 g/mol. The molecular formula is C19H20N4O3S. The van der Waals surface area contributed by atoms with Gasteiger partial charge in [0.15, 0.2) is 17.3 Å². The monoisotopic (exact) mass is 384 g/mol. The van der Waals surface area contributed by atoms with Gasteiger partial charge >= 0.3 is 0 Å². The van der Waals surface area contributed by atoms with Crippen molar-refractivity contribution in [3.8, 4) is 17.2 Å². The average molecular weight is 384 g/mol. The van der Waals surface area contributed by atoms with Gasteiger partial charge in [-0.15, -0.1) is 0 Å². The van der Waals surface area contributed by atoms with Crippen LogP contribution in [-0.4, -0.2) is 33.3 Å². The van der Waals surface area contributed by atoms with E-state index in [2.05, 4.69) is 15.3 Å². The number of benzene rings is 2. The molecule has 1 aromatic heterocycles. The Balaban J connectivity index is 1.82. The van der Waals surface area contributed by atoms with Gasteiger partial charge in [0.1, 0.15) is 12.4 Å². The number of aryl methyl sites for hydroxylation is 2. The Hall–Kier alpha value is -3.13. The van der Waals surface area contributed by atoms with Crippen LogP contribution in [0.3, 0.4) is 0 Å². The van der Waals surface area contributed by atoms with Crippen molar-refractivity contribution >= 4 is 18.4 Å². The zero-order valence-corrected chi connectivity index (χ0v) is 16.1. The summed E-state index contributed by atoms with van der Waals surface area (Å²) in [7, 11) is 1.49. The Labute approximate surface area is 161 Å². The lowest BCUT2D eigenvalue weighted by molar-refractivity contribution is 0.287. The Morgan fingerprint density at radius 3 is 2.70 bits per heavy atom. The number of methoxy groups -OCH3 is 1. The van der Waals surface area contributed by atoms with Gasteiger partial charge in [0, 0.05) is 0 Å². The van der Waals surface area contributed by atoms with E-state index in [0.717, 1.165) is 22.4 Å². The van der Waals surface area contributed by atoms with Crippen LogP contribution in [0, 0.1) is 18.6 Å². The van der Waals surface area contributed by atoms with Crippen LogP contribution in [0.4, 0.5) is 0 Å². The number of hydrogen-bond acceptors (Lipinski definition) is 6. The third kappa shape index (κ3) is 4.17. The molecule has 0 amide bonds. The number of nitrogens with one attached hydrogen (secondary N) is 1. The molecule has 2 aromatic carbocycles. The fraction of sp³-hybridized carbons (Fsp3) is 0.211. The van der Waals surface area contributed by atoms with Gasteiger partial charge in [-0.25, -0.2) is 5.10 Å². The highest BCUT2D eigenvalue weighted by Crippen LogP contribution is 2.26. The van der Waals surface area contributed by atoms with Crippen molar-refractivity contribution in [1.82, 2.24) is 14.9 Å². The van der Waals surface area contributed by atoms with Gasteiger partial charge in [-0.05, 0) is 61.0 Å². The largest absolute Gasteiger partial charge is 0.504 e. The Kier molecular flexibility index (Phi) is 5.56. The highest BCUT2D eigenvalue weighted by Gasteiger charge is 2.09. The van der Waals surface area contributed by atoms with E-state index in [4.69, 9.17) is 21.7 Å². The molecule has 0 fully saturated rings. The molecule has 2 N–H and O–H groups in total. The van der Waals surface area contributed by atoms with E-state index in [1.807, 2.05) is 32.0 Å². The second-order valence-corrected chi connectivity index (χ2v) is 6.33. The van der Waals surface area contributed by atoms with Gasteiger partial charge < -0.3 is 14.6 Å². The van der Waals surface area contributed by atoms with Crippen LogP contribution in [0.25, 0.3) is 0 Å². The van der Waals surface area contributed by atoms with Gasteiger partial charge in [-0.1, -0.05) is 18.2 Å². The molecule has 0 saturated carbocycles. The molecule has 0 radical (unpaired) electrons. The molecule has 3 aromatic rings. The van der Waals surface area contributed by atoms with E-state index in [-0.39, 0.29) is 12.4 Å². The second kappa shape index (κ2) is 8.05. The van der Waals surface area contributed by atoms with E-state index >= 15 is 0 Å². The molecule has 0 aliphatic carbocycles. The smallest absolute Gasteiger partial charge is 0.216 e. The van der Waals surface area contributed by atoms with E-state index in [0.29, 0.717) is 16.3 Å². The van der Waals surface area contributed by atoms with Crippen LogP contribution in [0.15, 0.2) is 41.5 Å². The van der Waals surface area contributed by atoms with Crippen LogP contribution < -0.4 is 9.47 Å². The van der Waals surface area contributed by atoms with Crippen molar-refractivity contribution in [2.45, 2.75) is 20.5 Å². The minimum Gasteiger partial charge on any atom is -0.504 e. The number of rotatable bonds is 6. The molecule has 27 heavy (non-hydrogen) atoms. The first-order chi connectivity index (χ1) is 13.0. The summed E-state index contributed by atoms with van der Waals surface area (Å²) in [6.07, 6.45) is 1.61. The number of aromatic nitrogens is 3. The van der Waals surface area contributed by atoms with Crippen LogP contribution in [-0.2, 0) is 6.61 Å². The Morgan fingerprint density at radius 1 is 1.26 bits per heavy atom. The molecule has 7 nitrogen and oxygen atoms in total. The summed E-state index contributed by atoms with van der Waals surface area (Å²) in [5.41, 5.74) is 2.85. The summed E-state index contributed by atoms with van der Waals surface area (Å²) in [5.74, 6) is 1.81. The van der Waals surface area contributed by atoms with Crippen molar-refractivity contribution in [1.29, 1.82) is 0 Å². The topological polar surface area (TPSA) is 84.7 Å². The summed E-state index contributed by atoms with van der Waals surface area (Å²) in [6.45, 7) is 4.21. The number of phenols is 1. The number of para-hydroxylation sites is 1. The quantitative estimate of drug-likeness (QED) is 0.500. The molecule has 0 unspecified atom stereocenters. The minimum atomic E-state index is 0.0669. The molecule has 3 rings (SSSR count). The van der Waals surface area contributed by atoms with Crippen molar-refractivity contribution in [3.63, 3.8) is 0 Å². The van der Waals surface area contributed by atoms with Crippen LogP contribution in [0.2, 0.25) is 0 Å². The predicted octanol–water partition coefficient (Wildman–Crippen LogP) is 3.73. The summed E-state index contributed by atoms with van der Waals surface area (Å²) in [6, 6.07) is 10.9. The second-order valence-electron chi connectivity index (χ2n) is 5.94. The fourth-order valence-corrected chi connectivity index (χ4v) is 2.80. The lowest BCUT2D eigenvalue weighted by Gasteiger charge is -2.11.